The van der Waals surface area contributed by atoms with E-state index < -0.39 is 59.1 Å². The van der Waals surface area contributed by atoms with Gasteiger partial charge in [-0.1, -0.05) is 84.9 Å². The van der Waals surface area contributed by atoms with Gasteiger partial charge in [0.15, 0.2) is 0 Å². The van der Waals surface area contributed by atoms with Gasteiger partial charge < -0.3 is 47.4 Å². The van der Waals surface area contributed by atoms with E-state index in [0.717, 1.165) is 25.3 Å². The largest absolute Gasteiger partial charge is 0.466 e. The van der Waals surface area contributed by atoms with E-state index in [2.05, 4.69) is 13.2 Å². The first-order valence-corrected chi connectivity index (χ1v) is 22.9. The summed E-state index contributed by atoms with van der Waals surface area (Å²) in [6.45, 7) is 8.58. The Hall–Kier alpha value is -8.34. The lowest BCUT2D eigenvalue weighted by Gasteiger charge is -2.28. The molecule has 71 heavy (non-hydrogen) atoms. The molecule has 0 N–H and O–H groups in total. The second kappa shape index (κ2) is 17.9. The number of aromatic nitrogens is 2. The topological polar surface area (TPSA) is 174 Å². The molecule has 0 saturated carbocycles. The molecule has 4 aliphatic rings. The Morgan fingerprint density at radius 3 is 1.30 bits per heavy atom. The van der Waals surface area contributed by atoms with Gasteiger partial charge in [-0.15, -0.1) is 13.2 Å². The van der Waals surface area contributed by atoms with E-state index in [-0.39, 0.29) is 41.8 Å². The van der Waals surface area contributed by atoms with E-state index in [1.807, 2.05) is 57.7 Å². The van der Waals surface area contributed by atoms with E-state index in [1.165, 1.54) is 24.0 Å². The summed E-state index contributed by atoms with van der Waals surface area (Å²) in [7, 11) is 4.69. The van der Waals surface area contributed by atoms with E-state index >= 15 is 9.59 Å². The minimum Gasteiger partial charge on any atom is -0.466 e. The molecule has 0 saturated heterocycles. The van der Waals surface area contributed by atoms with Gasteiger partial charge in [0, 0.05) is 82.6 Å². The number of hydrogen-bond donors (Lipinski definition) is 0. The molecule has 2 aromatic heterocycles. The molecular weight excluding hydrogens is 909 g/mol. The van der Waals surface area contributed by atoms with Gasteiger partial charge in [-0.05, 0) is 30.7 Å². The number of ether oxygens (including phenoxy) is 6. The molecule has 4 atom stereocenters. The Bertz CT molecular complexity index is 3140. The van der Waals surface area contributed by atoms with Crippen molar-refractivity contribution in [2.45, 2.75) is 42.9 Å². The Morgan fingerprint density at radius 2 is 0.915 bits per heavy atom. The Kier molecular flexibility index (Phi) is 11.7. The summed E-state index contributed by atoms with van der Waals surface area (Å²) < 4.78 is 39.0. The number of benzene rings is 4. The lowest BCUT2D eigenvalue weighted by atomic mass is 9.85. The molecular formula is C55H48N4O12. The zero-order valence-electron chi connectivity index (χ0n) is 39.3. The summed E-state index contributed by atoms with van der Waals surface area (Å²) in [6.07, 6.45) is 4.67. The van der Waals surface area contributed by atoms with Crippen molar-refractivity contribution in [2.75, 3.05) is 51.3 Å². The average Bonchev–Trinajstić information content (AvgIpc) is 4.23. The molecule has 0 bridgehead atoms. The van der Waals surface area contributed by atoms with Crippen LogP contribution in [-0.4, -0.2) is 86.4 Å². The fourth-order valence-corrected chi connectivity index (χ4v) is 11.0. The van der Waals surface area contributed by atoms with Gasteiger partial charge in [0.05, 0.1) is 62.1 Å². The summed E-state index contributed by atoms with van der Waals surface area (Å²) in [5.41, 5.74) is -1.27. The average molecular weight is 957 g/mol. The Balaban J connectivity index is 1.03. The summed E-state index contributed by atoms with van der Waals surface area (Å²) in [4.78, 5) is 90.3. The molecule has 4 aliphatic heterocycles. The van der Waals surface area contributed by atoms with Crippen molar-refractivity contribution in [2.24, 2.45) is 0 Å². The number of para-hydroxylation sites is 4. The summed E-state index contributed by atoms with van der Waals surface area (Å²) >= 11 is 0. The number of carbonyl (C=O) groups is 6. The van der Waals surface area contributed by atoms with Gasteiger partial charge >= 0.3 is 23.9 Å². The molecule has 0 unspecified atom stereocenters. The molecule has 10 rings (SSSR count). The van der Waals surface area contributed by atoms with E-state index in [1.54, 1.807) is 73.1 Å². The van der Waals surface area contributed by atoms with Crippen LogP contribution < -0.4 is 9.80 Å². The number of carbonyl (C=O) groups excluding carboxylic acids is 6. The molecule has 16 nitrogen and oxygen atoms in total. The lowest BCUT2D eigenvalue weighted by Crippen LogP contribution is -2.46. The smallest absolute Gasteiger partial charge is 0.338 e. The molecule has 6 aromatic rings. The van der Waals surface area contributed by atoms with Crippen LogP contribution in [0.1, 0.15) is 40.9 Å². The van der Waals surface area contributed by atoms with Crippen LogP contribution in [0.25, 0.3) is 21.8 Å². The number of allylic oxidation sites excluding steroid dienone is 2. The highest BCUT2D eigenvalue weighted by molar-refractivity contribution is 6.19. The van der Waals surface area contributed by atoms with Crippen molar-refractivity contribution in [3.8, 4) is 0 Å². The normalized spacial score (nSPS) is 21.2. The van der Waals surface area contributed by atoms with Crippen LogP contribution in [0.2, 0.25) is 0 Å². The number of esters is 4. The zero-order valence-corrected chi connectivity index (χ0v) is 39.3. The van der Waals surface area contributed by atoms with Crippen molar-refractivity contribution >= 4 is 68.9 Å². The predicted molar refractivity (Wildman–Crippen MR) is 260 cm³/mol. The first kappa shape index (κ1) is 46.4. The summed E-state index contributed by atoms with van der Waals surface area (Å²) in [6, 6.07) is 28.6. The molecule has 2 amide bonds. The maximum Gasteiger partial charge on any atom is 0.338 e. The van der Waals surface area contributed by atoms with Crippen LogP contribution in [0.3, 0.4) is 0 Å². The summed E-state index contributed by atoms with van der Waals surface area (Å²) in [5.74, 6) is -5.02. The third kappa shape index (κ3) is 6.65. The Labute approximate surface area is 407 Å². The van der Waals surface area contributed by atoms with Crippen LogP contribution in [0.5, 0.6) is 0 Å². The Morgan fingerprint density at radius 1 is 0.549 bits per heavy atom. The van der Waals surface area contributed by atoms with Crippen LogP contribution >= 0.6 is 0 Å². The fraction of sp³-hybridized carbons (Fsp3) is 0.236. The number of anilines is 2. The number of nitrogens with zero attached hydrogens (tertiary/aromatic N) is 4. The highest BCUT2D eigenvalue weighted by atomic mass is 16.6. The maximum atomic E-state index is 15.5. The van der Waals surface area contributed by atoms with E-state index in [0.29, 0.717) is 57.5 Å². The van der Waals surface area contributed by atoms with E-state index in [4.69, 9.17) is 28.4 Å². The maximum absolute atomic E-state index is 15.5. The number of hydrogen-bond acceptors (Lipinski definition) is 12. The fourth-order valence-electron chi connectivity index (χ4n) is 11.0. The number of rotatable bonds is 14. The van der Waals surface area contributed by atoms with Crippen molar-refractivity contribution in [3.05, 3.63) is 179 Å². The molecule has 16 heteroatoms. The minimum atomic E-state index is -2.16. The molecule has 6 heterocycles. The van der Waals surface area contributed by atoms with Crippen LogP contribution in [-0.2, 0) is 81.5 Å². The van der Waals surface area contributed by atoms with Crippen LogP contribution in [0.15, 0.2) is 157 Å². The van der Waals surface area contributed by atoms with Gasteiger partial charge in [0.1, 0.15) is 12.2 Å². The SMILES string of the molecule is C=CCn1cc([C@H]2O[C@]3(C(=O)N(CCCN4C(=O)[C@]5(O[C@H](c6cn(CC=C)c7ccccc67)C(C(=O)OC)=C5C(=O)OC)c5ccccc54)c4ccccc43)C(C(=O)OC)=C2C(=O)OC)c2ccccc21. The van der Waals surface area contributed by atoms with Gasteiger partial charge in [-0.3, -0.25) is 9.59 Å². The third-order valence-electron chi connectivity index (χ3n) is 13.8. The zero-order chi connectivity index (χ0) is 49.9. The highest BCUT2D eigenvalue weighted by Gasteiger charge is 2.66. The summed E-state index contributed by atoms with van der Waals surface area (Å²) in [5, 5.41) is 1.43. The number of fused-ring (bicyclic) bond motifs is 6. The monoisotopic (exact) mass is 956 g/mol. The van der Waals surface area contributed by atoms with Crippen molar-refractivity contribution in [1.29, 1.82) is 0 Å². The van der Waals surface area contributed by atoms with Crippen LogP contribution in [0.4, 0.5) is 11.4 Å². The molecule has 0 radical (unpaired) electrons. The van der Waals surface area contributed by atoms with Crippen molar-refractivity contribution < 1.29 is 57.2 Å². The molecule has 2 spiro atoms. The van der Waals surface area contributed by atoms with Gasteiger partial charge in [-0.2, -0.15) is 0 Å². The first-order chi connectivity index (χ1) is 34.5. The van der Waals surface area contributed by atoms with Crippen molar-refractivity contribution in [1.82, 2.24) is 9.13 Å². The quantitative estimate of drug-likeness (QED) is 0.0624. The number of amides is 2. The van der Waals surface area contributed by atoms with Crippen LogP contribution in [0, 0.1) is 0 Å². The first-order valence-electron chi connectivity index (χ1n) is 22.9. The van der Waals surface area contributed by atoms with Crippen molar-refractivity contribution in [3.63, 3.8) is 0 Å². The number of methoxy groups -OCH3 is 4. The third-order valence-corrected chi connectivity index (χ3v) is 13.8. The van der Waals surface area contributed by atoms with Gasteiger partial charge in [0.2, 0.25) is 11.2 Å². The predicted octanol–water partition coefficient (Wildman–Crippen LogP) is 6.97. The second-order valence-electron chi connectivity index (χ2n) is 17.3. The lowest BCUT2D eigenvalue weighted by molar-refractivity contribution is -0.148. The standard InChI is InChI=1S/C55H48N4O12/c1-7-26-56-30-34(32-18-9-13-22-38(32)56)46-42(48(60)66-3)44(50(62)68-5)54(70-46)36-20-11-15-24-40(36)58(52(54)64)28-17-29-59-41-25-16-12-21-37(41)55(53(59)65)45(51(63)69-6)43(49(61)67-4)47(71-55)35-31-57(27-8-2)39-23-14-10-19-33(35)39/h7-16,18-25,30-31,46-47H,1-2,17,26-29H2,3-6H3/t46-,47-,54+,55+/m1/s1. The second-order valence-corrected chi connectivity index (χ2v) is 17.3. The molecule has 0 fully saturated rings. The van der Waals surface area contributed by atoms with E-state index in [9.17, 15) is 19.2 Å². The highest BCUT2D eigenvalue weighted by Crippen LogP contribution is 2.59. The molecule has 360 valence electrons. The molecule has 0 aliphatic carbocycles. The van der Waals surface area contributed by atoms with Gasteiger partial charge in [-0.25, -0.2) is 19.2 Å². The molecule has 4 aromatic carbocycles. The minimum absolute atomic E-state index is 0.0232. The van der Waals surface area contributed by atoms with Gasteiger partial charge in [0.25, 0.3) is 11.8 Å².